The van der Waals surface area contributed by atoms with E-state index in [9.17, 15) is 4.79 Å². The molecular formula is C16H20N4O. The minimum atomic E-state index is -0.185. The number of carbonyl (C=O) groups excluding carboxylic acids is 1. The molecule has 0 bridgehead atoms. The largest absolute Gasteiger partial charge is 0.369 e. The van der Waals surface area contributed by atoms with Crippen LogP contribution < -0.4 is 5.73 Å². The maximum absolute atomic E-state index is 11.4. The van der Waals surface area contributed by atoms with Crippen molar-refractivity contribution in [2.24, 2.45) is 11.7 Å². The lowest BCUT2D eigenvalue weighted by Crippen LogP contribution is -2.40. The van der Waals surface area contributed by atoms with Crippen LogP contribution in [0.1, 0.15) is 18.4 Å². The first kappa shape index (κ1) is 13.8. The summed E-state index contributed by atoms with van der Waals surface area (Å²) in [6.07, 6.45) is 3.80. The zero-order valence-electron chi connectivity index (χ0n) is 12.0. The molecule has 5 nitrogen and oxygen atoms in total. The summed E-state index contributed by atoms with van der Waals surface area (Å²) in [7, 11) is 0. The molecule has 1 aliphatic heterocycles. The van der Waals surface area contributed by atoms with Gasteiger partial charge in [0.2, 0.25) is 5.91 Å². The van der Waals surface area contributed by atoms with Gasteiger partial charge in [-0.2, -0.15) is 5.10 Å². The van der Waals surface area contributed by atoms with Gasteiger partial charge in [-0.15, -0.1) is 0 Å². The predicted octanol–water partition coefficient (Wildman–Crippen LogP) is 1.77. The number of aromatic nitrogens is 2. The normalized spacial score (nSPS) is 19.5. The van der Waals surface area contributed by atoms with Gasteiger partial charge in [0.1, 0.15) is 0 Å². The number of hydrogen-bond donors (Lipinski definition) is 2. The highest BCUT2D eigenvalue weighted by atomic mass is 16.1. The Morgan fingerprint density at radius 1 is 1.38 bits per heavy atom. The minimum Gasteiger partial charge on any atom is -0.369 e. The zero-order valence-corrected chi connectivity index (χ0v) is 12.0. The smallest absolute Gasteiger partial charge is 0.221 e. The quantitative estimate of drug-likeness (QED) is 0.898. The molecule has 0 spiro atoms. The van der Waals surface area contributed by atoms with Crippen molar-refractivity contribution in [1.29, 1.82) is 0 Å². The minimum absolute atomic E-state index is 0.0224. The molecule has 0 aliphatic carbocycles. The Hall–Kier alpha value is -2.14. The Kier molecular flexibility index (Phi) is 4.01. The van der Waals surface area contributed by atoms with E-state index < -0.39 is 0 Å². The number of nitrogens with zero attached hydrogens (tertiary/aromatic N) is 2. The van der Waals surface area contributed by atoms with Crippen molar-refractivity contribution in [3.63, 3.8) is 0 Å². The van der Waals surface area contributed by atoms with Crippen molar-refractivity contribution >= 4 is 5.91 Å². The van der Waals surface area contributed by atoms with Crippen LogP contribution in [-0.4, -0.2) is 34.1 Å². The van der Waals surface area contributed by atoms with E-state index in [1.165, 1.54) is 0 Å². The molecule has 0 radical (unpaired) electrons. The highest BCUT2D eigenvalue weighted by molar-refractivity contribution is 5.77. The topological polar surface area (TPSA) is 75.0 Å². The third-order valence-corrected chi connectivity index (χ3v) is 4.08. The molecule has 1 aliphatic rings. The lowest BCUT2D eigenvalue weighted by atomic mass is 9.97. The SMILES string of the molecule is NC(=O)C1CCCN(Cc2cn[nH]c2-c2ccccc2)C1. The summed E-state index contributed by atoms with van der Waals surface area (Å²) in [6.45, 7) is 2.54. The summed E-state index contributed by atoms with van der Waals surface area (Å²) >= 11 is 0. The fraction of sp³-hybridized carbons (Fsp3) is 0.375. The van der Waals surface area contributed by atoms with Crippen molar-refractivity contribution in [2.45, 2.75) is 19.4 Å². The van der Waals surface area contributed by atoms with Gasteiger partial charge in [0.05, 0.1) is 17.8 Å². The van der Waals surface area contributed by atoms with Gasteiger partial charge >= 0.3 is 0 Å². The number of primary amides is 1. The lowest BCUT2D eigenvalue weighted by Gasteiger charge is -2.31. The molecule has 1 saturated heterocycles. The van der Waals surface area contributed by atoms with E-state index in [1.54, 1.807) is 0 Å². The second-order valence-corrected chi connectivity index (χ2v) is 5.61. The van der Waals surface area contributed by atoms with Crippen LogP contribution in [0.25, 0.3) is 11.3 Å². The second kappa shape index (κ2) is 6.10. The number of hydrogen-bond acceptors (Lipinski definition) is 3. The van der Waals surface area contributed by atoms with Crippen molar-refractivity contribution in [1.82, 2.24) is 15.1 Å². The van der Waals surface area contributed by atoms with Gasteiger partial charge in [-0.3, -0.25) is 14.8 Å². The summed E-state index contributed by atoms with van der Waals surface area (Å²) < 4.78 is 0. The molecule has 1 fully saturated rings. The summed E-state index contributed by atoms with van der Waals surface area (Å²) in [5.41, 5.74) is 8.78. The fourth-order valence-electron chi connectivity index (χ4n) is 2.96. The van der Waals surface area contributed by atoms with Gasteiger partial charge < -0.3 is 5.73 Å². The molecule has 2 heterocycles. The first-order valence-corrected chi connectivity index (χ1v) is 7.33. The Bertz CT molecular complexity index is 608. The average molecular weight is 284 g/mol. The summed E-state index contributed by atoms with van der Waals surface area (Å²) in [5, 5.41) is 7.25. The number of nitrogens with two attached hydrogens (primary N) is 1. The van der Waals surface area contributed by atoms with Crippen LogP contribution in [0.4, 0.5) is 0 Å². The number of amides is 1. The van der Waals surface area contributed by atoms with E-state index in [2.05, 4.69) is 27.2 Å². The maximum atomic E-state index is 11.4. The monoisotopic (exact) mass is 284 g/mol. The molecule has 1 atom stereocenters. The lowest BCUT2D eigenvalue weighted by molar-refractivity contribution is -0.123. The zero-order chi connectivity index (χ0) is 14.7. The molecule has 5 heteroatoms. The molecule has 1 amide bonds. The van der Waals surface area contributed by atoms with E-state index in [4.69, 9.17) is 5.73 Å². The summed E-state index contributed by atoms with van der Waals surface area (Å²) in [4.78, 5) is 13.7. The summed E-state index contributed by atoms with van der Waals surface area (Å²) in [5.74, 6) is -0.207. The molecule has 110 valence electrons. The van der Waals surface area contributed by atoms with E-state index in [0.29, 0.717) is 0 Å². The van der Waals surface area contributed by atoms with E-state index in [0.717, 1.165) is 49.3 Å². The third-order valence-electron chi connectivity index (χ3n) is 4.08. The highest BCUT2D eigenvalue weighted by Gasteiger charge is 2.24. The van der Waals surface area contributed by atoms with Crippen LogP contribution >= 0.6 is 0 Å². The van der Waals surface area contributed by atoms with Gasteiger partial charge in [0.15, 0.2) is 0 Å². The van der Waals surface area contributed by atoms with Crippen molar-refractivity contribution in [2.75, 3.05) is 13.1 Å². The van der Waals surface area contributed by atoms with Gasteiger partial charge in [0, 0.05) is 18.7 Å². The number of piperidine rings is 1. The molecule has 1 aromatic carbocycles. The van der Waals surface area contributed by atoms with Gasteiger partial charge in [-0.05, 0) is 24.9 Å². The van der Waals surface area contributed by atoms with Crippen LogP contribution in [0.15, 0.2) is 36.5 Å². The molecule has 3 rings (SSSR count). The van der Waals surface area contributed by atoms with Crippen molar-refractivity contribution in [3.05, 3.63) is 42.1 Å². The molecule has 1 aromatic heterocycles. The van der Waals surface area contributed by atoms with Crippen molar-refractivity contribution in [3.8, 4) is 11.3 Å². The second-order valence-electron chi connectivity index (χ2n) is 5.61. The Morgan fingerprint density at radius 3 is 2.95 bits per heavy atom. The Balaban J connectivity index is 1.74. The average Bonchev–Trinajstić information content (AvgIpc) is 2.96. The Morgan fingerprint density at radius 2 is 2.19 bits per heavy atom. The summed E-state index contributed by atoms with van der Waals surface area (Å²) in [6, 6.07) is 10.2. The third kappa shape index (κ3) is 3.13. The molecular weight excluding hydrogens is 264 g/mol. The number of H-pyrrole nitrogens is 1. The van der Waals surface area contributed by atoms with Gasteiger partial charge in [0.25, 0.3) is 0 Å². The van der Waals surface area contributed by atoms with Gasteiger partial charge in [-0.1, -0.05) is 30.3 Å². The maximum Gasteiger partial charge on any atom is 0.221 e. The van der Waals surface area contributed by atoms with Crippen LogP contribution in [-0.2, 0) is 11.3 Å². The van der Waals surface area contributed by atoms with E-state index in [1.807, 2.05) is 24.4 Å². The van der Waals surface area contributed by atoms with E-state index >= 15 is 0 Å². The molecule has 21 heavy (non-hydrogen) atoms. The van der Waals surface area contributed by atoms with Crippen LogP contribution in [0, 0.1) is 5.92 Å². The Labute approximate surface area is 124 Å². The van der Waals surface area contributed by atoms with E-state index in [-0.39, 0.29) is 11.8 Å². The first-order chi connectivity index (χ1) is 10.2. The number of nitrogens with one attached hydrogen (secondary N) is 1. The fourth-order valence-corrected chi connectivity index (χ4v) is 2.96. The molecule has 2 aromatic rings. The van der Waals surface area contributed by atoms with Crippen LogP contribution in [0.3, 0.4) is 0 Å². The van der Waals surface area contributed by atoms with Crippen LogP contribution in [0.2, 0.25) is 0 Å². The van der Waals surface area contributed by atoms with Gasteiger partial charge in [-0.25, -0.2) is 0 Å². The first-order valence-electron chi connectivity index (χ1n) is 7.33. The number of aromatic amines is 1. The number of benzene rings is 1. The number of rotatable bonds is 4. The van der Waals surface area contributed by atoms with Crippen molar-refractivity contribution < 1.29 is 4.79 Å². The predicted molar refractivity (Wildman–Crippen MR) is 81.2 cm³/mol. The molecule has 0 saturated carbocycles. The number of carbonyl (C=O) groups is 1. The highest BCUT2D eigenvalue weighted by Crippen LogP contribution is 2.24. The van der Waals surface area contributed by atoms with Crippen LogP contribution in [0.5, 0.6) is 0 Å². The molecule has 1 unspecified atom stereocenters. The standard InChI is InChI=1S/C16H20N4O/c17-16(21)13-7-4-8-20(10-13)11-14-9-18-19-15(14)12-5-2-1-3-6-12/h1-3,5-6,9,13H,4,7-8,10-11H2,(H2,17,21)(H,18,19). The number of likely N-dealkylation sites (tertiary alicyclic amines) is 1. The molecule has 3 N–H and O–H groups in total.